The van der Waals surface area contributed by atoms with Crippen molar-refractivity contribution in [3.8, 4) is 22.4 Å². The normalized spacial score (nSPS) is 11.1. The lowest BCUT2D eigenvalue weighted by molar-refractivity contribution is 0.881. The highest BCUT2D eigenvalue weighted by molar-refractivity contribution is 6.33. The molecule has 0 unspecified atom stereocenters. The van der Waals surface area contributed by atoms with E-state index in [-0.39, 0.29) is 0 Å². The van der Waals surface area contributed by atoms with Gasteiger partial charge in [0.1, 0.15) is 5.69 Å². The molecule has 2 aromatic heterocycles. The molecular weight excluding hydrogens is 343 g/mol. The third kappa shape index (κ3) is 2.54. The summed E-state index contributed by atoms with van der Waals surface area (Å²) in [6.07, 6.45) is 0. The van der Waals surface area contributed by atoms with Crippen molar-refractivity contribution >= 4 is 28.8 Å². The minimum atomic E-state index is 0.644. The second-order valence-electron chi connectivity index (χ2n) is 5.41. The fourth-order valence-corrected chi connectivity index (χ4v) is 2.99. The van der Waals surface area contributed by atoms with Crippen LogP contribution < -0.4 is 0 Å². The summed E-state index contributed by atoms with van der Waals surface area (Å²) < 4.78 is 1.72. The van der Waals surface area contributed by atoms with Crippen LogP contribution in [0.15, 0.2) is 54.6 Å². The van der Waals surface area contributed by atoms with Gasteiger partial charge in [0.15, 0.2) is 11.5 Å². The van der Waals surface area contributed by atoms with Crippen molar-refractivity contribution in [1.82, 2.24) is 19.8 Å². The van der Waals surface area contributed by atoms with Gasteiger partial charge in [-0.25, -0.2) is 0 Å². The topological polar surface area (TPSA) is 43.1 Å². The minimum absolute atomic E-state index is 0.644. The van der Waals surface area contributed by atoms with E-state index in [9.17, 15) is 0 Å². The van der Waals surface area contributed by atoms with Gasteiger partial charge in [-0.1, -0.05) is 53.5 Å². The van der Waals surface area contributed by atoms with Crippen molar-refractivity contribution in [3.63, 3.8) is 0 Å². The van der Waals surface area contributed by atoms with E-state index >= 15 is 0 Å². The quantitative estimate of drug-likeness (QED) is 0.504. The summed E-state index contributed by atoms with van der Waals surface area (Å²) in [6.45, 7) is 1.87. The van der Waals surface area contributed by atoms with Gasteiger partial charge in [-0.2, -0.15) is 9.61 Å². The lowest BCUT2D eigenvalue weighted by atomic mass is 10.00. The van der Waals surface area contributed by atoms with Crippen LogP contribution in [0.1, 0.15) is 5.82 Å². The van der Waals surface area contributed by atoms with Crippen molar-refractivity contribution in [1.29, 1.82) is 0 Å². The van der Waals surface area contributed by atoms with E-state index in [1.807, 2.05) is 61.5 Å². The minimum Gasteiger partial charge on any atom is -0.197 e. The first-order valence-corrected chi connectivity index (χ1v) is 8.13. The SMILES string of the molecule is Cc1nnc2cc(-c3ccc(Cl)cc3)c(-c3ccccc3Cl)nn12. The Morgan fingerprint density at radius 1 is 0.875 bits per heavy atom. The first kappa shape index (κ1) is 15.1. The largest absolute Gasteiger partial charge is 0.197 e. The van der Waals surface area contributed by atoms with Gasteiger partial charge in [0, 0.05) is 16.1 Å². The molecule has 0 fully saturated rings. The number of aryl methyl sites for hydroxylation is 1. The van der Waals surface area contributed by atoms with Crippen LogP contribution in [0.4, 0.5) is 0 Å². The first-order valence-electron chi connectivity index (χ1n) is 7.37. The van der Waals surface area contributed by atoms with E-state index in [0.717, 1.165) is 28.2 Å². The highest BCUT2D eigenvalue weighted by atomic mass is 35.5. The van der Waals surface area contributed by atoms with Gasteiger partial charge < -0.3 is 0 Å². The second kappa shape index (κ2) is 5.89. The third-order valence-corrected chi connectivity index (χ3v) is 4.42. The fraction of sp³-hybridized carbons (Fsp3) is 0.0556. The smallest absolute Gasteiger partial charge is 0.178 e. The molecule has 0 bridgehead atoms. The van der Waals surface area contributed by atoms with E-state index in [0.29, 0.717) is 15.7 Å². The van der Waals surface area contributed by atoms with Crippen LogP contribution in [-0.2, 0) is 0 Å². The van der Waals surface area contributed by atoms with Gasteiger partial charge in [0.2, 0.25) is 0 Å². The van der Waals surface area contributed by atoms with Gasteiger partial charge in [0.05, 0.1) is 5.02 Å². The molecule has 6 heteroatoms. The van der Waals surface area contributed by atoms with E-state index < -0.39 is 0 Å². The van der Waals surface area contributed by atoms with Gasteiger partial charge in [-0.3, -0.25) is 0 Å². The molecule has 0 saturated carbocycles. The number of rotatable bonds is 2. The average molecular weight is 355 g/mol. The number of nitrogens with zero attached hydrogens (tertiary/aromatic N) is 4. The number of aromatic nitrogens is 4. The molecule has 2 aromatic carbocycles. The molecule has 0 saturated heterocycles. The van der Waals surface area contributed by atoms with Crippen LogP contribution in [0.2, 0.25) is 10.0 Å². The maximum Gasteiger partial charge on any atom is 0.178 e. The Morgan fingerprint density at radius 3 is 2.38 bits per heavy atom. The molecule has 0 aliphatic carbocycles. The van der Waals surface area contributed by atoms with Crippen LogP contribution in [-0.4, -0.2) is 19.8 Å². The highest BCUT2D eigenvalue weighted by Crippen LogP contribution is 2.35. The average Bonchev–Trinajstić information content (AvgIpc) is 2.95. The molecule has 118 valence electrons. The van der Waals surface area contributed by atoms with Crippen molar-refractivity contribution in [2.45, 2.75) is 6.92 Å². The molecule has 24 heavy (non-hydrogen) atoms. The number of hydrogen-bond donors (Lipinski definition) is 0. The second-order valence-corrected chi connectivity index (χ2v) is 6.25. The molecule has 4 nitrogen and oxygen atoms in total. The number of hydrogen-bond acceptors (Lipinski definition) is 3. The van der Waals surface area contributed by atoms with Crippen LogP contribution >= 0.6 is 23.2 Å². The molecule has 0 spiro atoms. The number of fused-ring (bicyclic) bond motifs is 1. The zero-order valence-electron chi connectivity index (χ0n) is 12.7. The Morgan fingerprint density at radius 2 is 1.62 bits per heavy atom. The molecule has 0 atom stereocenters. The van der Waals surface area contributed by atoms with Gasteiger partial charge >= 0.3 is 0 Å². The van der Waals surface area contributed by atoms with E-state index in [4.69, 9.17) is 28.3 Å². The fourth-order valence-electron chi connectivity index (χ4n) is 2.64. The van der Waals surface area contributed by atoms with Crippen LogP contribution in [0.5, 0.6) is 0 Å². The van der Waals surface area contributed by atoms with Crippen molar-refractivity contribution in [2.75, 3.05) is 0 Å². The number of benzene rings is 2. The maximum absolute atomic E-state index is 6.41. The highest BCUT2D eigenvalue weighted by Gasteiger charge is 2.16. The summed E-state index contributed by atoms with van der Waals surface area (Å²) in [5.74, 6) is 0.723. The van der Waals surface area contributed by atoms with Gasteiger partial charge in [-0.05, 0) is 36.8 Å². The van der Waals surface area contributed by atoms with E-state index in [2.05, 4.69) is 10.2 Å². The molecule has 0 aliphatic rings. The van der Waals surface area contributed by atoms with Gasteiger partial charge in [0.25, 0.3) is 0 Å². The van der Waals surface area contributed by atoms with Crippen LogP contribution in [0.25, 0.3) is 28.0 Å². The molecular formula is C18H12Cl2N4. The summed E-state index contributed by atoms with van der Waals surface area (Å²) in [5, 5.41) is 14.3. The molecule has 2 heterocycles. The Kier molecular flexibility index (Phi) is 3.71. The zero-order valence-corrected chi connectivity index (χ0v) is 14.3. The molecule has 0 N–H and O–H groups in total. The predicted molar refractivity (Wildman–Crippen MR) is 96.4 cm³/mol. The van der Waals surface area contributed by atoms with Gasteiger partial charge in [-0.15, -0.1) is 10.2 Å². The summed E-state index contributed by atoms with van der Waals surface area (Å²) in [6, 6.07) is 17.2. The van der Waals surface area contributed by atoms with Crippen molar-refractivity contribution < 1.29 is 0 Å². The Hall–Kier alpha value is -2.43. The molecule has 4 rings (SSSR count). The summed E-state index contributed by atoms with van der Waals surface area (Å²) in [4.78, 5) is 0. The standard InChI is InChI=1S/C18H12Cl2N4/c1-11-21-22-17-10-15(12-6-8-13(19)9-7-12)18(23-24(11)17)14-4-2-3-5-16(14)20/h2-10H,1H3. The maximum atomic E-state index is 6.41. The van der Waals surface area contributed by atoms with Crippen LogP contribution in [0.3, 0.4) is 0 Å². The lowest BCUT2D eigenvalue weighted by Crippen LogP contribution is -2.00. The number of halogens is 2. The molecule has 0 amide bonds. The third-order valence-electron chi connectivity index (χ3n) is 3.83. The lowest BCUT2D eigenvalue weighted by Gasteiger charge is -2.11. The predicted octanol–water partition coefficient (Wildman–Crippen LogP) is 5.07. The Bertz CT molecular complexity index is 1040. The van der Waals surface area contributed by atoms with E-state index in [1.165, 1.54) is 0 Å². The Balaban J connectivity index is 2.05. The first-order chi connectivity index (χ1) is 11.6. The zero-order chi connectivity index (χ0) is 16.7. The summed E-state index contributed by atoms with van der Waals surface area (Å²) in [5.41, 5.74) is 4.25. The molecule has 0 radical (unpaired) electrons. The van der Waals surface area contributed by atoms with Crippen molar-refractivity contribution in [2.24, 2.45) is 0 Å². The molecule has 0 aliphatic heterocycles. The van der Waals surface area contributed by atoms with Crippen molar-refractivity contribution in [3.05, 3.63) is 70.5 Å². The summed E-state index contributed by atoms with van der Waals surface area (Å²) >= 11 is 12.4. The van der Waals surface area contributed by atoms with Crippen LogP contribution in [0, 0.1) is 6.92 Å². The molecule has 4 aromatic rings. The van der Waals surface area contributed by atoms with E-state index in [1.54, 1.807) is 4.52 Å². The Labute approximate surface area is 148 Å². The summed E-state index contributed by atoms with van der Waals surface area (Å²) in [7, 11) is 0. The monoisotopic (exact) mass is 354 g/mol.